The van der Waals surface area contributed by atoms with Gasteiger partial charge in [0.1, 0.15) is 0 Å². The third-order valence-corrected chi connectivity index (χ3v) is 4.33. The van der Waals surface area contributed by atoms with Crippen molar-refractivity contribution in [3.05, 3.63) is 47.5 Å². The van der Waals surface area contributed by atoms with Gasteiger partial charge in [0.25, 0.3) is 0 Å². The first-order chi connectivity index (χ1) is 10.7. The normalized spacial score (nSPS) is 18.2. The number of hydrogen-bond acceptors (Lipinski definition) is 3. The molecule has 1 aromatic rings. The van der Waals surface area contributed by atoms with Crippen molar-refractivity contribution in [2.24, 2.45) is 0 Å². The lowest BCUT2D eigenvalue weighted by Crippen LogP contribution is -2.33. The second-order valence-corrected chi connectivity index (χ2v) is 6.10. The van der Waals surface area contributed by atoms with E-state index in [1.165, 1.54) is 12.8 Å². The number of carbonyl (C=O) groups excluding carboxylic acids is 1. The van der Waals surface area contributed by atoms with Crippen molar-refractivity contribution in [3.63, 3.8) is 0 Å². The van der Waals surface area contributed by atoms with Crippen LogP contribution in [0.25, 0.3) is 0 Å². The zero-order chi connectivity index (χ0) is 15.8. The standard InChI is InChI=1S/C19H27NO2/c1-15(19(22)17-11-7-4-8-12-17)20-14-13-18(21)16-9-5-2-3-6-10-16/h4,7-9,11-12,15,19-20,22H,2-3,5-6,10,13-14H2,1H3. The molecule has 1 aliphatic carbocycles. The van der Waals surface area contributed by atoms with Crippen molar-refractivity contribution < 1.29 is 9.90 Å². The second-order valence-electron chi connectivity index (χ2n) is 6.10. The number of aliphatic hydroxyl groups excluding tert-OH is 1. The molecule has 0 saturated carbocycles. The Morgan fingerprint density at radius 3 is 2.77 bits per heavy atom. The lowest BCUT2D eigenvalue weighted by Gasteiger charge is -2.20. The summed E-state index contributed by atoms with van der Waals surface area (Å²) in [5, 5.41) is 13.5. The summed E-state index contributed by atoms with van der Waals surface area (Å²) in [6.45, 7) is 2.56. The van der Waals surface area contributed by atoms with E-state index in [9.17, 15) is 9.90 Å². The molecule has 1 aromatic carbocycles. The van der Waals surface area contributed by atoms with Crippen LogP contribution in [0.15, 0.2) is 42.0 Å². The number of Topliss-reactive ketones (excluding diaryl/α,β-unsaturated/α-hetero) is 1. The van der Waals surface area contributed by atoms with Gasteiger partial charge in [-0.3, -0.25) is 4.79 Å². The monoisotopic (exact) mass is 301 g/mol. The third-order valence-electron chi connectivity index (χ3n) is 4.33. The molecule has 1 aliphatic rings. The summed E-state index contributed by atoms with van der Waals surface area (Å²) in [4.78, 5) is 12.2. The maximum atomic E-state index is 12.2. The molecule has 3 heteroatoms. The van der Waals surface area contributed by atoms with Crippen molar-refractivity contribution >= 4 is 5.78 Å². The summed E-state index contributed by atoms with van der Waals surface area (Å²) < 4.78 is 0. The maximum Gasteiger partial charge on any atom is 0.159 e. The lowest BCUT2D eigenvalue weighted by atomic mass is 10.0. The fraction of sp³-hybridized carbons (Fsp3) is 0.526. The van der Waals surface area contributed by atoms with Gasteiger partial charge in [-0.15, -0.1) is 0 Å². The van der Waals surface area contributed by atoms with Crippen molar-refractivity contribution in [3.8, 4) is 0 Å². The molecule has 0 radical (unpaired) electrons. The number of hydrogen-bond donors (Lipinski definition) is 2. The van der Waals surface area contributed by atoms with Crippen molar-refractivity contribution in [2.45, 2.75) is 57.6 Å². The topological polar surface area (TPSA) is 49.3 Å². The average Bonchev–Trinajstić information content (AvgIpc) is 2.84. The summed E-state index contributed by atoms with van der Waals surface area (Å²) in [5.41, 5.74) is 1.91. The first kappa shape index (κ1) is 16.9. The Morgan fingerprint density at radius 1 is 1.23 bits per heavy atom. The molecular formula is C19H27NO2. The highest BCUT2D eigenvalue weighted by Crippen LogP contribution is 2.19. The van der Waals surface area contributed by atoms with Gasteiger partial charge in [0.05, 0.1) is 6.10 Å². The first-order valence-electron chi connectivity index (χ1n) is 8.37. The predicted octanol–water partition coefficient (Wildman–Crippen LogP) is 3.55. The van der Waals surface area contributed by atoms with Crippen LogP contribution in [0.3, 0.4) is 0 Å². The van der Waals surface area contributed by atoms with Crippen LogP contribution < -0.4 is 5.32 Å². The zero-order valence-electron chi connectivity index (χ0n) is 13.4. The van der Waals surface area contributed by atoms with E-state index in [-0.39, 0.29) is 11.8 Å². The van der Waals surface area contributed by atoms with Crippen LogP contribution in [0.2, 0.25) is 0 Å². The quantitative estimate of drug-likeness (QED) is 0.810. The van der Waals surface area contributed by atoms with Gasteiger partial charge in [-0.25, -0.2) is 0 Å². The van der Waals surface area contributed by atoms with Crippen molar-refractivity contribution in [1.29, 1.82) is 0 Å². The number of nitrogens with one attached hydrogen (secondary N) is 1. The summed E-state index contributed by atoms with van der Waals surface area (Å²) in [7, 11) is 0. The first-order valence-corrected chi connectivity index (χ1v) is 8.37. The molecule has 3 nitrogen and oxygen atoms in total. The van der Waals surface area contributed by atoms with E-state index >= 15 is 0 Å². The highest BCUT2D eigenvalue weighted by Gasteiger charge is 2.16. The number of allylic oxidation sites excluding steroid dienone is 2. The van der Waals surface area contributed by atoms with Gasteiger partial charge in [-0.1, -0.05) is 42.8 Å². The third kappa shape index (κ3) is 5.08. The minimum Gasteiger partial charge on any atom is -0.387 e. The van der Waals surface area contributed by atoms with E-state index in [0.29, 0.717) is 13.0 Å². The van der Waals surface area contributed by atoms with E-state index in [0.717, 1.165) is 30.4 Å². The number of ketones is 1. The molecule has 2 unspecified atom stereocenters. The summed E-state index contributed by atoms with van der Waals surface area (Å²) in [5.74, 6) is 0.260. The summed E-state index contributed by atoms with van der Waals surface area (Å²) in [6.07, 6.45) is 7.62. The molecular weight excluding hydrogens is 274 g/mol. The largest absolute Gasteiger partial charge is 0.387 e. The molecule has 2 rings (SSSR count). The van der Waals surface area contributed by atoms with Gasteiger partial charge in [0.15, 0.2) is 5.78 Å². The van der Waals surface area contributed by atoms with Gasteiger partial charge in [-0.2, -0.15) is 0 Å². The molecule has 0 heterocycles. The Labute approximate surface area is 133 Å². The molecule has 2 atom stereocenters. The Balaban J connectivity index is 1.75. The maximum absolute atomic E-state index is 12.2. The highest BCUT2D eigenvalue weighted by atomic mass is 16.3. The van der Waals surface area contributed by atoms with E-state index in [2.05, 4.69) is 11.4 Å². The van der Waals surface area contributed by atoms with Gasteiger partial charge < -0.3 is 10.4 Å². The lowest BCUT2D eigenvalue weighted by molar-refractivity contribution is -0.115. The van der Waals surface area contributed by atoms with Gasteiger partial charge >= 0.3 is 0 Å². The Hall–Kier alpha value is -1.45. The van der Waals surface area contributed by atoms with E-state index in [1.54, 1.807) is 0 Å². The van der Waals surface area contributed by atoms with Crippen molar-refractivity contribution in [1.82, 2.24) is 5.32 Å². The predicted molar refractivity (Wildman–Crippen MR) is 89.7 cm³/mol. The minimum atomic E-state index is -0.548. The molecule has 0 aromatic heterocycles. The van der Waals surface area contributed by atoms with Crippen LogP contribution in [0.4, 0.5) is 0 Å². The summed E-state index contributed by atoms with van der Waals surface area (Å²) in [6, 6.07) is 9.56. The molecule has 2 N–H and O–H groups in total. The van der Waals surface area contributed by atoms with E-state index in [1.807, 2.05) is 37.3 Å². The van der Waals surface area contributed by atoms with Gasteiger partial charge in [0, 0.05) is 19.0 Å². The number of aliphatic hydroxyl groups is 1. The van der Waals surface area contributed by atoms with Crippen LogP contribution in [0.1, 0.15) is 57.1 Å². The van der Waals surface area contributed by atoms with Crippen molar-refractivity contribution in [2.75, 3.05) is 6.54 Å². The molecule has 0 amide bonds. The SMILES string of the molecule is CC(NCCC(=O)C1=CCCCCC1)C(O)c1ccccc1. The van der Waals surface area contributed by atoms with Crippen LogP contribution in [0, 0.1) is 0 Å². The molecule has 22 heavy (non-hydrogen) atoms. The van der Waals surface area contributed by atoms with Gasteiger partial charge in [-0.05, 0) is 43.7 Å². The number of carbonyl (C=O) groups is 1. The summed E-state index contributed by atoms with van der Waals surface area (Å²) >= 11 is 0. The fourth-order valence-corrected chi connectivity index (χ4v) is 2.89. The molecule has 120 valence electrons. The molecule has 0 fully saturated rings. The zero-order valence-corrected chi connectivity index (χ0v) is 13.4. The van der Waals surface area contributed by atoms with Crippen LogP contribution >= 0.6 is 0 Å². The Bertz CT molecular complexity index is 495. The van der Waals surface area contributed by atoms with Crippen LogP contribution in [-0.4, -0.2) is 23.5 Å². The van der Waals surface area contributed by atoms with E-state index in [4.69, 9.17) is 0 Å². The molecule has 0 bridgehead atoms. The smallest absolute Gasteiger partial charge is 0.159 e. The van der Waals surface area contributed by atoms with Crippen LogP contribution in [0.5, 0.6) is 0 Å². The molecule has 0 aliphatic heterocycles. The van der Waals surface area contributed by atoms with Crippen LogP contribution in [-0.2, 0) is 4.79 Å². The fourth-order valence-electron chi connectivity index (χ4n) is 2.89. The minimum absolute atomic E-state index is 0.0710. The average molecular weight is 301 g/mol. The Morgan fingerprint density at radius 2 is 2.00 bits per heavy atom. The number of rotatable bonds is 7. The molecule has 0 saturated heterocycles. The second kappa shape index (κ2) is 8.86. The highest BCUT2D eigenvalue weighted by molar-refractivity contribution is 5.95. The number of benzene rings is 1. The van der Waals surface area contributed by atoms with E-state index < -0.39 is 6.10 Å². The Kier molecular flexibility index (Phi) is 6.81. The van der Waals surface area contributed by atoms with Gasteiger partial charge in [0.2, 0.25) is 0 Å². The molecule has 0 spiro atoms.